The van der Waals surface area contributed by atoms with Crippen LogP contribution in [0.5, 0.6) is 0 Å². The van der Waals surface area contributed by atoms with E-state index in [1.807, 2.05) is 0 Å². The van der Waals surface area contributed by atoms with Crippen LogP contribution in [0, 0.1) is 0 Å². The Labute approximate surface area is 497 Å². The molecule has 0 heterocycles. The van der Waals surface area contributed by atoms with Gasteiger partial charge in [0.15, 0.2) is 0 Å². The van der Waals surface area contributed by atoms with Crippen LogP contribution in [0.3, 0.4) is 0 Å². The summed E-state index contributed by atoms with van der Waals surface area (Å²) in [6.45, 7) is 35.4. The standard InChI is InChI=1S/6C9H19NOS.Mo/c6*1-3-5-7-10(9(11)12)8-6-4-2;/h6*3-8H2,1-2H3,(H,11,12);/q;;;;;;+6/p-6. The van der Waals surface area contributed by atoms with E-state index in [1.165, 1.54) is 0 Å². The fraction of sp³-hybridized carbons (Fsp3) is 0.889. The van der Waals surface area contributed by atoms with E-state index in [0.29, 0.717) is 0 Å². The van der Waals surface area contributed by atoms with E-state index in [0.717, 1.165) is 233 Å². The minimum Gasteiger partial charge on any atom is -0.852 e. The zero-order chi connectivity index (χ0) is 56.4. The van der Waals surface area contributed by atoms with Crippen LogP contribution in [0.4, 0.5) is 0 Å². The van der Waals surface area contributed by atoms with Gasteiger partial charge in [0.1, 0.15) is 0 Å². The van der Waals surface area contributed by atoms with E-state index in [2.05, 4.69) is 156 Å². The minimum atomic E-state index is -0.197. The molecule has 0 unspecified atom stereocenters. The maximum absolute atomic E-state index is 10.9. The summed E-state index contributed by atoms with van der Waals surface area (Å²) in [6.07, 6.45) is 26.1. The van der Waals surface area contributed by atoms with Crippen molar-refractivity contribution in [2.75, 3.05) is 78.5 Å². The molecule has 0 spiro atoms. The molecule has 19 heteroatoms. The van der Waals surface area contributed by atoms with Crippen molar-refractivity contribution >= 4 is 104 Å². The Balaban J connectivity index is -0.000000143. The van der Waals surface area contributed by atoms with E-state index in [1.54, 1.807) is 29.4 Å². The zero-order valence-corrected chi connectivity index (χ0v) is 55.4. The van der Waals surface area contributed by atoms with Crippen LogP contribution in [-0.4, -0.2) is 139 Å². The smallest absolute Gasteiger partial charge is 0.852 e. The van der Waals surface area contributed by atoms with Gasteiger partial charge < -0.3 is 60.0 Å². The van der Waals surface area contributed by atoms with Crippen LogP contribution in [0.25, 0.3) is 0 Å². The van der Waals surface area contributed by atoms with Crippen LogP contribution < -0.4 is 30.6 Å². The number of thiocarbonyl (C=S) groups is 6. The van der Waals surface area contributed by atoms with Gasteiger partial charge in [0, 0.05) is 110 Å². The SMILES string of the molecule is CCCCN(CCCC)C([O-])=S.CCCCN(CCCC)C([O-])=S.CCCCN(CCCC)C([O-])=S.CCCCN(CCCC)C([O-])=S.CCCCN(CCCC)C([O-])=S.CCCCN(CCCC)C([O-])=S.[Mo+6]. The summed E-state index contributed by atoms with van der Waals surface area (Å²) < 4.78 is 0. The van der Waals surface area contributed by atoms with Gasteiger partial charge in [0.2, 0.25) is 0 Å². The van der Waals surface area contributed by atoms with Crippen molar-refractivity contribution in [1.29, 1.82) is 0 Å². The van der Waals surface area contributed by atoms with Crippen LogP contribution in [0.2, 0.25) is 0 Å². The van der Waals surface area contributed by atoms with E-state index in [-0.39, 0.29) is 52.1 Å². The molecule has 0 radical (unpaired) electrons. The second-order valence-corrected chi connectivity index (χ2v) is 19.9. The molecule has 0 aromatic carbocycles. The van der Waals surface area contributed by atoms with Crippen molar-refractivity contribution < 1.29 is 51.7 Å². The Kier molecular flexibility index (Phi) is 80.9. The average molecular weight is 1230 g/mol. The molecule has 0 fully saturated rings. The molecule has 12 nitrogen and oxygen atoms in total. The molecule has 0 aliphatic rings. The third kappa shape index (κ3) is 66.9. The number of nitrogens with zero attached hydrogens (tertiary/aromatic N) is 6. The predicted octanol–water partition coefficient (Wildman–Crippen LogP) is 9.20. The van der Waals surface area contributed by atoms with Crippen LogP contribution in [0.1, 0.15) is 237 Å². The quantitative estimate of drug-likeness (QED) is 0.0431. The maximum Gasteiger partial charge on any atom is 6.00 e. The second kappa shape index (κ2) is 68.8. The van der Waals surface area contributed by atoms with Crippen molar-refractivity contribution in [3.8, 4) is 0 Å². The Bertz CT molecular complexity index is 958. The molecule has 0 aromatic rings. The monoisotopic (exact) mass is 1230 g/mol. The molecular formula is C54H108MoN6O6S6. The molecular weight excluding hydrogens is 1120 g/mol. The van der Waals surface area contributed by atoms with Gasteiger partial charge in [-0.3, -0.25) is 0 Å². The molecule has 0 N–H and O–H groups in total. The molecule has 0 aliphatic carbocycles. The normalized spacial score (nSPS) is 9.70. The molecule has 0 aromatic heterocycles. The third-order valence-electron chi connectivity index (χ3n) is 10.9. The van der Waals surface area contributed by atoms with E-state index >= 15 is 0 Å². The molecule has 0 saturated carbocycles. The van der Waals surface area contributed by atoms with Crippen molar-refractivity contribution in [2.24, 2.45) is 0 Å². The summed E-state index contributed by atoms with van der Waals surface area (Å²) in [5.74, 6) is 0. The third-order valence-corrected chi connectivity index (χ3v) is 12.5. The minimum absolute atomic E-state index is 0. The van der Waals surface area contributed by atoms with Gasteiger partial charge in [-0.1, -0.05) is 233 Å². The Morgan fingerprint density at radius 3 is 0.315 bits per heavy atom. The summed E-state index contributed by atoms with van der Waals surface area (Å²) in [5.41, 5.74) is 0. The first-order valence-electron chi connectivity index (χ1n) is 28.1. The fourth-order valence-corrected chi connectivity index (χ4v) is 7.05. The van der Waals surface area contributed by atoms with Crippen molar-refractivity contribution in [2.45, 2.75) is 237 Å². The van der Waals surface area contributed by atoms with Gasteiger partial charge in [-0.15, -0.1) is 0 Å². The molecule has 0 bridgehead atoms. The molecule has 0 rings (SSSR count). The van der Waals surface area contributed by atoms with E-state index in [4.69, 9.17) is 0 Å². The number of hydrogen-bond donors (Lipinski definition) is 0. The first kappa shape index (κ1) is 85.7. The molecule has 73 heavy (non-hydrogen) atoms. The molecule has 432 valence electrons. The summed E-state index contributed by atoms with van der Waals surface area (Å²) in [5, 5.41) is 64.2. The fourth-order valence-electron chi connectivity index (χ4n) is 5.95. The first-order valence-corrected chi connectivity index (χ1v) is 30.5. The number of rotatable bonds is 36. The van der Waals surface area contributed by atoms with Crippen LogP contribution in [-0.2, 0) is 21.1 Å². The second-order valence-electron chi connectivity index (χ2n) is 17.8. The Morgan fingerprint density at radius 2 is 0.274 bits per heavy atom. The molecule has 0 atom stereocenters. The first-order chi connectivity index (χ1) is 34.3. The predicted molar refractivity (Wildman–Crippen MR) is 324 cm³/mol. The van der Waals surface area contributed by atoms with Crippen LogP contribution >= 0.6 is 73.3 Å². The number of unbranched alkanes of at least 4 members (excludes halogenated alkanes) is 12. The van der Waals surface area contributed by atoms with Gasteiger partial charge in [0.05, 0.1) is 0 Å². The summed E-state index contributed by atoms with van der Waals surface area (Å²) in [4.78, 5) is 10.6. The zero-order valence-electron chi connectivity index (χ0n) is 48.4. The molecule has 0 aliphatic heterocycles. The van der Waals surface area contributed by atoms with E-state index < -0.39 is 0 Å². The largest absolute Gasteiger partial charge is 6.00 e. The summed E-state index contributed by atoms with van der Waals surface area (Å²) >= 11 is 27.7. The van der Waals surface area contributed by atoms with Crippen molar-refractivity contribution in [3.63, 3.8) is 0 Å². The van der Waals surface area contributed by atoms with Gasteiger partial charge in [0.25, 0.3) is 0 Å². The molecule has 0 amide bonds. The van der Waals surface area contributed by atoms with Crippen molar-refractivity contribution in [3.05, 3.63) is 0 Å². The maximum atomic E-state index is 10.9. The van der Waals surface area contributed by atoms with Gasteiger partial charge in [-0.05, 0) is 77.0 Å². The summed E-state index contributed by atoms with van der Waals surface area (Å²) in [7, 11) is 0. The number of hydrogen-bond acceptors (Lipinski definition) is 12. The Hall–Kier alpha value is -1.17. The van der Waals surface area contributed by atoms with Crippen LogP contribution in [0.15, 0.2) is 0 Å². The topological polar surface area (TPSA) is 158 Å². The van der Waals surface area contributed by atoms with Gasteiger partial charge >= 0.3 is 21.1 Å². The Morgan fingerprint density at radius 1 is 0.205 bits per heavy atom. The summed E-state index contributed by atoms with van der Waals surface area (Å²) in [6, 6.07) is 0. The van der Waals surface area contributed by atoms with E-state index in [9.17, 15) is 30.6 Å². The average Bonchev–Trinajstić information content (AvgIpc) is 3.34. The molecule has 0 saturated heterocycles. The van der Waals surface area contributed by atoms with Crippen molar-refractivity contribution in [1.82, 2.24) is 29.4 Å². The van der Waals surface area contributed by atoms with Gasteiger partial charge in [-0.25, -0.2) is 0 Å². The van der Waals surface area contributed by atoms with Gasteiger partial charge in [-0.2, -0.15) is 0 Å².